The van der Waals surface area contributed by atoms with Crippen LogP contribution in [0.4, 0.5) is 13.8 Å². The SMILES string of the molecule is CNc1snc(C)c1C(=O)NC(C)c1ccc(OC(F)F)cc1. The third kappa shape index (κ3) is 4.16. The molecule has 0 aliphatic carbocycles. The topological polar surface area (TPSA) is 63.2 Å². The molecule has 2 rings (SSSR count). The Bertz CT molecular complexity index is 674. The van der Waals surface area contributed by atoms with Crippen LogP contribution in [0.5, 0.6) is 5.75 Å². The summed E-state index contributed by atoms with van der Waals surface area (Å²) in [4.78, 5) is 12.4. The maximum atomic E-state index is 12.4. The summed E-state index contributed by atoms with van der Waals surface area (Å²) in [5.41, 5.74) is 1.96. The fourth-order valence-corrected chi connectivity index (χ4v) is 2.84. The molecule has 1 unspecified atom stereocenters. The average Bonchev–Trinajstić information content (AvgIpc) is 2.88. The molecule has 8 heteroatoms. The second-order valence-electron chi connectivity index (χ2n) is 4.86. The predicted octanol–water partition coefficient (Wildman–Crippen LogP) is 3.59. The molecule has 1 aromatic carbocycles. The van der Waals surface area contributed by atoms with Gasteiger partial charge in [-0.25, -0.2) is 0 Å². The molecule has 0 spiro atoms. The Hall–Kier alpha value is -2.22. The number of rotatable bonds is 6. The number of hydrogen-bond acceptors (Lipinski definition) is 5. The summed E-state index contributed by atoms with van der Waals surface area (Å²) in [7, 11) is 1.73. The first-order valence-electron chi connectivity index (χ1n) is 6.92. The summed E-state index contributed by atoms with van der Waals surface area (Å²) in [6, 6.07) is 5.88. The van der Waals surface area contributed by atoms with E-state index in [2.05, 4.69) is 19.7 Å². The number of anilines is 1. The highest BCUT2D eigenvalue weighted by molar-refractivity contribution is 7.10. The maximum Gasteiger partial charge on any atom is 0.387 e. The van der Waals surface area contributed by atoms with Gasteiger partial charge in [0.1, 0.15) is 10.8 Å². The molecule has 1 atom stereocenters. The number of ether oxygens (including phenoxy) is 1. The Labute approximate surface area is 136 Å². The molecule has 23 heavy (non-hydrogen) atoms. The summed E-state index contributed by atoms with van der Waals surface area (Å²) < 4.78 is 32.7. The largest absolute Gasteiger partial charge is 0.435 e. The van der Waals surface area contributed by atoms with Crippen LogP contribution in [0.3, 0.4) is 0 Å². The maximum absolute atomic E-state index is 12.4. The Morgan fingerprint density at radius 3 is 2.52 bits per heavy atom. The van der Waals surface area contributed by atoms with Gasteiger partial charge in [-0.3, -0.25) is 4.79 Å². The van der Waals surface area contributed by atoms with Crippen molar-refractivity contribution in [1.82, 2.24) is 9.69 Å². The second-order valence-corrected chi connectivity index (χ2v) is 5.64. The van der Waals surface area contributed by atoms with Gasteiger partial charge in [0.05, 0.1) is 17.3 Å². The molecule has 0 fully saturated rings. The van der Waals surface area contributed by atoms with E-state index in [0.29, 0.717) is 16.3 Å². The van der Waals surface area contributed by atoms with Crippen LogP contribution in [0.15, 0.2) is 24.3 Å². The Kier molecular flexibility index (Phi) is 5.49. The van der Waals surface area contributed by atoms with Gasteiger partial charge in [-0.2, -0.15) is 13.2 Å². The fourth-order valence-electron chi connectivity index (χ4n) is 2.10. The summed E-state index contributed by atoms with van der Waals surface area (Å²) in [6.45, 7) is 0.731. The van der Waals surface area contributed by atoms with Crippen LogP contribution in [0, 0.1) is 6.92 Å². The van der Waals surface area contributed by atoms with E-state index in [1.54, 1.807) is 26.1 Å². The zero-order chi connectivity index (χ0) is 17.0. The van der Waals surface area contributed by atoms with E-state index in [4.69, 9.17) is 0 Å². The summed E-state index contributed by atoms with van der Waals surface area (Å²) in [5.74, 6) is -0.154. The molecule has 1 heterocycles. The van der Waals surface area contributed by atoms with Gasteiger partial charge >= 0.3 is 6.61 Å². The number of benzene rings is 1. The van der Waals surface area contributed by atoms with Crippen molar-refractivity contribution in [3.05, 3.63) is 41.1 Å². The number of alkyl halides is 2. The van der Waals surface area contributed by atoms with Crippen molar-refractivity contribution in [2.24, 2.45) is 0 Å². The normalized spacial score (nSPS) is 12.1. The molecule has 1 amide bonds. The van der Waals surface area contributed by atoms with E-state index < -0.39 is 6.61 Å². The number of aromatic nitrogens is 1. The second kappa shape index (κ2) is 7.36. The molecule has 0 aliphatic heterocycles. The van der Waals surface area contributed by atoms with E-state index in [9.17, 15) is 13.6 Å². The molecular formula is C15H17F2N3O2S. The smallest absolute Gasteiger partial charge is 0.387 e. The Morgan fingerprint density at radius 1 is 1.30 bits per heavy atom. The van der Waals surface area contributed by atoms with Crippen molar-refractivity contribution < 1.29 is 18.3 Å². The zero-order valence-corrected chi connectivity index (χ0v) is 13.7. The number of carbonyl (C=O) groups excluding carboxylic acids is 1. The van der Waals surface area contributed by atoms with Crippen molar-refractivity contribution in [3.8, 4) is 5.75 Å². The highest BCUT2D eigenvalue weighted by Crippen LogP contribution is 2.25. The fraction of sp³-hybridized carbons (Fsp3) is 0.333. The molecule has 0 radical (unpaired) electrons. The minimum atomic E-state index is -2.85. The molecule has 0 saturated heterocycles. The van der Waals surface area contributed by atoms with Crippen LogP contribution in [0.25, 0.3) is 0 Å². The lowest BCUT2D eigenvalue weighted by Gasteiger charge is -2.15. The van der Waals surface area contributed by atoms with Crippen molar-refractivity contribution in [2.75, 3.05) is 12.4 Å². The summed E-state index contributed by atoms with van der Waals surface area (Å²) in [5, 5.41) is 6.52. The van der Waals surface area contributed by atoms with Gasteiger partial charge < -0.3 is 15.4 Å². The van der Waals surface area contributed by atoms with Gasteiger partial charge in [-0.15, -0.1) is 0 Å². The van der Waals surface area contributed by atoms with Crippen LogP contribution in [0.2, 0.25) is 0 Å². The Morgan fingerprint density at radius 2 is 1.96 bits per heavy atom. The summed E-state index contributed by atoms with van der Waals surface area (Å²) >= 11 is 1.23. The molecule has 2 aromatic rings. The number of nitrogens with zero attached hydrogens (tertiary/aromatic N) is 1. The van der Waals surface area contributed by atoms with Gasteiger partial charge in [-0.05, 0) is 43.1 Å². The van der Waals surface area contributed by atoms with Crippen LogP contribution >= 0.6 is 11.5 Å². The monoisotopic (exact) mass is 341 g/mol. The highest BCUT2D eigenvalue weighted by Gasteiger charge is 2.19. The van der Waals surface area contributed by atoms with E-state index in [-0.39, 0.29) is 17.7 Å². The zero-order valence-electron chi connectivity index (χ0n) is 12.9. The quantitative estimate of drug-likeness (QED) is 0.843. The lowest BCUT2D eigenvalue weighted by molar-refractivity contribution is -0.0498. The van der Waals surface area contributed by atoms with Gasteiger partial charge in [0.2, 0.25) is 0 Å². The minimum Gasteiger partial charge on any atom is -0.435 e. The first-order valence-corrected chi connectivity index (χ1v) is 7.69. The standard InChI is InChI=1S/C15H17F2N3O2S/c1-8(10-4-6-11(7-5-10)22-15(16)17)19-13(21)12-9(2)20-23-14(12)18-3/h4-8,15,18H,1-3H3,(H,19,21). The van der Waals surface area contributed by atoms with Gasteiger partial charge in [0.25, 0.3) is 5.91 Å². The van der Waals surface area contributed by atoms with Gasteiger partial charge in [-0.1, -0.05) is 12.1 Å². The number of carbonyl (C=O) groups is 1. The van der Waals surface area contributed by atoms with E-state index in [1.807, 2.05) is 6.92 Å². The van der Waals surface area contributed by atoms with Crippen LogP contribution in [-0.2, 0) is 0 Å². The first-order chi connectivity index (χ1) is 10.9. The van der Waals surface area contributed by atoms with E-state index in [0.717, 1.165) is 5.56 Å². The molecule has 0 aliphatic rings. The number of halogens is 2. The van der Waals surface area contributed by atoms with Crippen molar-refractivity contribution in [3.63, 3.8) is 0 Å². The lowest BCUT2D eigenvalue weighted by atomic mass is 10.1. The third-order valence-corrected chi connectivity index (χ3v) is 4.23. The van der Waals surface area contributed by atoms with Crippen LogP contribution in [-0.4, -0.2) is 23.9 Å². The molecule has 1 aromatic heterocycles. The number of amides is 1. The summed E-state index contributed by atoms with van der Waals surface area (Å²) in [6.07, 6.45) is 0. The van der Waals surface area contributed by atoms with E-state index in [1.165, 1.54) is 23.7 Å². The van der Waals surface area contributed by atoms with Crippen molar-refractivity contribution in [1.29, 1.82) is 0 Å². The molecular weight excluding hydrogens is 324 g/mol. The number of hydrogen-bond donors (Lipinski definition) is 2. The third-order valence-electron chi connectivity index (χ3n) is 3.27. The van der Waals surface area contributed by atoms with Crippen molar-refractivity contribution in [2.45, 2.75) is 26.5 Å². The number of aryl methyl sites for hydroxylation is 1. The molecule has 0 saturated carbocycles. The Balaban J connectivity index is 2.07. The molecule has 0 bridgehead atoms. The highest BCUT2D eigenvalue weighted by atomic mass is 32.1. The van der Waals surface area contributed by atoms with Gasteiger partial charge in [0, 0.05) is 7.05 Å². The van der Waals surface area contributed by atoms with Crippen molar-refractivity contribution >= 4 is 22.4 Å². The number of nitrogens with one attached hydrogen (secondary N) is 2. The first kappa shape index (κ1) is 17.1. The van der Waals surface area contributed by atoms with Crippen LogP contribution in [0.1, 0.15) is 34.6 Å². The van der Waals surface area contributed by atoms with Crippen LogP contribution < -0.4 is 15.4 Å². The lowest BCUT2D eigenvalue weighted by Crippen LogP contribution is -2.27. The molecule has 2 N–H and O–H groups in total. The average molecular weight is 341 g/mol. The molecule has 5 nitrogen and oxygen atoms in total. The minimum absolute atomic E-state index is 0.0811. The molecule has 124 valence electrons. The van der Waals surface area contributed by atoms with E-state index >= 15 is 0 Å². The predicted molar refractivity (Wildman–Crippen MR) is 85.4 cm³/mol. The van der Waals surface area contributed by atoms with Gasteiger partial charge in [0.15, 0.2) is 0 Å².